The average Bonchev–Trinajstić information content (AvgIpc) is 3.28. The van der Waals surface area contributed by atoms with Gasteiger partial charge in [-0.2, -0.15) is 0 Å². The molecule has 2 saturated carbocycles. The van der Waals surface area contributed by atoms with Crippen LogP contribution in [-0.4, -0.2) is 5.97 Å². The van der Waals surface area contributed by atoms with Crippen LogP contribution in [0.15, 0.2) is 51.7 Å². The van der Waals surface area contributed by atoms with Crippen molar-refractivity contribution in [2.75, 3.05) is 0 Å². The Balaban J connectivity index is 1.40. The minimum absolute atomic E-state index is 0.107. The summed E-state index contributed by atoms with van der Waals surface area (Å²) in [5, 5.41) is 2.91. The minimum atomic E-state index is -0.420. The highest BCUT2D eigenvalue weighted by Gasteiger charge is 2.40. The Morgan fingerprint density at radius 3 is 2.81 bits per heavy atom. The number of hydrogen-bond donors (Lipinski definition) is 0. The lowest BCUT2D eigenvalue weighted by molar-refractivity contribution is -0.146. The summed E-state index contributed by atoms with van der Waals surface area (Å²) in [6.07, 6.45) is 5.55. The van der Waals surface area contributed by atoms with Crippen molar-refractivity contribution in [3.63, 3.8) is 0 Å². The molecule has 1 heterocycles. The maximum absolute atomic E-state index is 12.4. The number of rotatable bonds is 4. The summed E-state index contributed by atoms with van der Waals surface area (Å²) in [7, 11) is 0. The van der Waals surface area contributed by atoms with Gasteiger partial charge in [0.25, 0.3) is 0 Å². The molecule has 27 heavy (non-hydrogen) atoms. The first-order valence-electron chi connectivity index (χ1n) is 9.77. The number of carbonyl (C=O) groups excluding carboxylic acids is 1. The topological polar surface area (TPSA) is 56.5 Å². The van der Waals surface area contributed by atoms with E-state index in [2.05, 4.69) is 0 Å². The molecule has 2 aliphatic carbocycles. The number of ether oxygens (including phenoxy) is 1. The highest BCUT2D eigenvalue weighted by molar-refractivity contribution is 6.07. The van der Waals surface area contributed by atoms with E-state index in [1.807, 2.05) is 30.3 Å². The van der Waals surface area contributed by atoms with Gasteiger partial charge in [0.15, 0.2) is 0 Å². The summed E-state index contributed by atoms with van der Waals surface area (Å²) in [6.45, 7) is 0.107. The molecule has 0 unspecified atom stereocenters. The fraction of sp³-hybridized carbons (Fsp3) is 0.391. The second-order valence-corrected chi connectivity index (χ2v) is 8.05. The maximum atomic E-state index is 12.4. The lowest BCUT2D eigenvalue weighted by atomic mass is 9.86. The smallest absolute Gasteiger partial charge is 0.336 e. The number of carbonyl (C=O) groups is 1. The number of fused-ring (bicyclic) bond motifs is 5. The summed E-state index contributed by atoms with van der Waals surface area (Å²) in [6, 6.07) is 13.1. The van der Waals surface area contributed by atoms with Gasteiger partial charge in [0.05, 0.1) is 0 Å². The molecule has 1 aromatic heterocycles. The van der Waals surface area contributed by atoms with Crippen molar-refractivity contribution >= 4 is 27.7 Å². The van der Waals surface area contributed by atoms with Gasteiger partial charge in [0.1, 0.15) is 12.2 Å². The molecule has 138 valence electrons. The zero-order chi connectivity index (χ0) is 18.4. The monoisotopic (exact) mass is 362 g/mol. The largest absolute Gasteiger partial charge is 0.461 e. The molecule has 0 N–H and O–H groups in total. The van der Waals surface area contributed by atoms with Crippen LogP contribution in [-0.2, 0) is 16.1 Å². The van der Waals surface area contributed by atoms with Crippen LogP contribution in [0.3, 0.4) is 0 Å². The molecule has 2 bridgehead atoms. The highest BCUT2D eigenvalue weighted by atomic mass is 16.5. The molecule has 4 heteroatoms. The fourth-order valence-corrected chi connectivity index (χ4v) is 5.19. The molecule has 3 atom stereocenters. The molecule has 3 aromatic rings. The summed E-state index contributed by atoms with van der Waals surface area (Å²) in [4.78, 5) is 24.4. The van der Waals surface area contributed by atoms with Crippen molar-refractivity contribution in [1.82, 2.24) is 0 Å². The van der Waals surface area contributed by atoms with Crippen LogP contribution < -0.4 is 5.63 Å². The molecular weight excluding hydrogens is 340 g/mol. The number of benzene rings is 2. The third-order valence-electron chi connectivity index (χ3n) is 6.42. The van der Waals surface area contributed by atoms with Gasteiger partial charge in [-0.3, -0.25) is 4.79 Å². The van der Waals surface area contributed by atoms with E-state index >= 15 is 0 Å². The molecule has 0 radical (unpaired) electrons. The van der Waals surface area contributed by atoms with Crippen LogP contribution in [0, 0.1) is 17.8 Å². The number of esters is 1. The van der Waals surface area contributed by atoms with E-state index in [9.17, 15) is 9.59 Å². The summed E-state index contributed by atoms with van der Waals surface area (Å²) in [5.41, 5.74) is 0.816. The molecular formula is C23H22O4. The van der Waals surface area contributed by atoms with E-state index in [0.717, 1.165) is 22.1 Å². The summed E-state index contributed by atoms with van der Waals surface area (Å²) in [5.74, 6) is 1.85. The third-order valence-corrected chi connectivity index (χ3v) is 6.42. The van der Waals surface area contributed by atoms with Crippen LogP contribution in [0.4, 0.5) is 0 Å². The van der Waals surface area contributed by atoms with E-state index < -0.39 is 5.63 Å². The van der Waals surface area contributed by atoms with Crippen molar-refractivity contribution in [3.8, 4) is 0 Å². The molecule has 4 nitrogen and oxygen atoms in total. The Kier molecular flexibility index (Phi) is 4.00. The SMILES string of the molecule is O=C(C[C@@H]1C[C@@H]2CC[C@@H]1C2)OCc1cc(=O)oc2ccc3ccccc3c12. The van der Waals surface area contributed by atoms with Gasteiger partial charge in [0.2, 0.25) is 0 Å². The molecule has 0 amide bonds. The zero-order valence-electron chi connectivity index (χ0n) is 15.1. The van der Waals surface area contributed by atoms with Crippen LogP contribution in [0.5, 0.6) is 0 Å². The van der Waals surface area contributed by atoms with Gasteiger partial charge in [-0.15, -0.1) is 0 Å². The summed E-state index contributed by atoms with van der Waals surface area (Å²) >= 11 is 0. The minimum Gasteiger partial charge on any atom is -0.461 e. The van der Waals surface area contributed by atoms with Crippen molar-refractivity contribution in [1.29, 1.82) is 0 Å². The molecule has 2 aliphatic rings. The van der Waals surface area contributed by atoms with Crippen LogP contribution in [0.1, 0.15) is 37.7 Å². The predicted octanol–water partition coefficient (Wildman–Crippen LogP) is 4.82. The standard InChI is InChI=1S/C23H22O4/c24-21(11-17-10-14-5-6-16(17)9-14)26-13-18-12-22(25)27-20-8-7-15-3-1-2-4-19(15)23(18)20/h1-4,7-8,12,14,16-17H,5-6,9-11,13H2/t14-,16-,17+/m1/s1. The predicted molar refractivity (Wildman–Crippen MR) is 103 cm³/mol. The van der Waals surface area contributed by atoms with Crippen LogP contribution in [0.2, 0.25) is 0 Å². The maximum Gasteiger partial charge on any atom is 0.336 e. The van der Waals surface area contributed by atoms with Crippen molar-refractivity contribution in [2.45, 2.75) is 38.7 Å². The van der Waals surface area contributed by atoms with E-state index in [0.29, 0.717) is 29.4 Å². The first kappa shape index (κ1) is 16.5. The quantitative estimate of drug-likeness (QED) is 0.379. The van der Waals surface area contributed by atoms with Crippen molar-refractivity contribution in [3.05, 3.63) is 58.4 Å². The van der Waals surface area contributed by atoms with Crippen LogP contribution >= 0.6 is 0 Å². The fourth-order valence-electron chi connectivity index (χ4n) is 5.19. The molecule has 0 spiro atoms. The molecule has 2 fully saturated rings. The second-order valence-electron chi connectivity index (χ2n) is 8.05. The van der Waals surface area contributed by atoms with Crippen LogP contribution in [0.25, 0.3) is 21.7 Å². The molecule has 5 rings (SSSR count). The van der Waals surface area contributed by atoms with Crippen molar-refractivity contribution in [2.24, 2.45) is 17.8 Å². The Morgan fingerprint density at radius 1 is 1.11 bits per heavy atom. The van der Waals surface area contributed by atoms with E-state index in [-0.39, 0.29) is 12.6 Å². The second kappa shape index (κ2) is 6.52. The van der Waals surface area contributed by atoms with Gasteiger partial charge >= 0.3 is 11.6 Å². The third kappa shape index (κ3) is 3.03. The van der Waals surface area contributed by atoms with E-state index in [1.165, 1.54) is 31.7 Å². The zero-order valence-corrected chi connectivity index (χ0v) is 15.1. The number of hydrogen-bond acceptors (Lipinski definition) is 4. The van der Waals surface area contributed by atoms with Gasteiger partial charge in [0, 0.05) is 23.4 Å². The van der Waals surface area contributed by atoms with Gasteiger partial charge in [-0.1, -0.05) is 36.8 Å². The Labute approximate surface area is 157 Å². The van der Waals surface area contributed by atoms with Gasteiger partial charge in [-0.05, 0) is 53.9 Å². The van der Waals surface area contributed by atoms with Gasteiger partial charge in [-0.25, -0.2) is 4.79 Å². The van der Waals surface area contributed by atoms with E-state index in [1.54, 1.807) is 6.07 Å². The molecule has 0 aliphatic heterocycles. The van der Waals surface area contributed by atoms with Crippen molar-refractivity contribution < 1.29 is 13.9 Å². The highest BCUT2D eigenvalue weighted by Crippen LogP contribution is 2.49. The van der Waals surface area contributed by atoms with Gasteiger partial charge < -0.3 is 9.15 Å². The Morgan fingerprint density at radius 2 is 2.00 bits per heavy atom. The Bertz CT molecular complexity index is 1080. The molecule has 0 saturated heterocycles. The summed E-state index contributed by atoms with van der Waals surface area (Å²) < 4.78 is 11.0. The first-order valence-corrected chi connectivity index (χ1v) is 9.77. The van der Waals surface area contributed by atoms with E-state index in [4.69, 9.17) is 9.15 Å². The lowest BCUT2D eigenvalue weighted by Crippen LogP contribution is -2.17. The average molecular weight is 362 g/mol. The normalized spacial score (nSPS) is 23.9. The Hall–Kier alpha value is -2.62. The first-order chi connectivity index (χ1) is 13.2. The lowest BCUT2D eigenvalue weighted by Gasteiger charge is -2.20. The molecule has 2 aromatic carbocycles.